The largest absolute Gasteiger partial charge is 0.550 e. The number of hydrogen-bond donors (Lipinski definition) is 1. The summed E-state index contributed by atoms with van der Waals surface area (Å²) < 4.78 is 0.922. The van der Waals surface area contributed by atoms with Crippen molar-refractivity contribution in [3.8, 4) is 0 Å². The van der Waals surface area contributed by atoms with E-state index in [0.717, 1.165) is 10.9 Å². The Morgan fingerprint density at radius 2 is 1.70 bits per heavy atom. The summed E-state index contributed by atoms with van der Waals surface area (Å²) >= 11 is 3.33. The van der Waals surface area contributed by atoms with Gasteiger partial charge in [0.25, 0.3) is 0 Å². The molecule has 1 aromatic carbocycles. The average Bonchev–Trinajstić information content (AvgIpc) is 3.01. The maximum absolute atomic E-state index is 12.4. The number of fused-ring (bicyclic) bond motifs is 2. The molecule has 1 fully saturated rings. The molecule has 2 aliphatic rings. The van der Waals surface area contributed by atoms with E-state index in [2.05, 4.69) is 21.2 Å². The Labute approximate surface area is 125 Å². The molecule has 0 spiro atoms. The quantitative estimate of drug-likeness (QED) is 0.853. The van der Waals surface area contributed by atoms with Crippen molar-refractivity contribution in [1.82, 2.24) is 0 Å². The summed E-state index contributed by atoms with van der Waals surface area (Å²) in [5.74, 6) is -2.65. The number of allylic oxidation sites excluding steroid dienone is 2. The summed E-state index contributed by atoms with van der Waals surface area (Å²) in [5.41, 5.74) is 0.669. The molecule has 1 aromatic rings. The summed E-state index contributed by atoms with van der Waals surface area (Å²) in [7, 11) is 0. The molecule has 2 aliphatic carbocycles. The van der Waals surface area contributed by atoms with Gasteiger partial charge in [0.1, 0.15) is 0 Å². The van der Waals surface area contributed by atoms with E-state index in [0.29, 0.717) is 5.69 Å². The van der Waals surface area contributed by atoms with Crippen LogP contribution in [0, 0.1) is 23.7 Å². The standard InChI is InChI=1S/C15H14BrNO3/c16-10-3-5-11(6-4-10)17-14(18)12-8-1-2-9(7-8)13(12)15(19)20/h1-6,8-9,12-13H,7H2,(H,17,18)(H,19,20)/p-1. The molecule has 4 nitrogen and oxygen atoms in total. The van der Waals surface area contributed by atoms with E-state index in [1.54, 1.807) is 12.1 Å². The second-order valence-corrected chi connectivity index (χ2v) is 6.23. The maximum Gasteiger partial charge on any atom is 0.228 e. The number of aliphatic carboxylic acids is 1. The third kappa shape index (κ3) is 2.26. The highest BCUT2D eigenvalue weighted by Crippen LogP contribution is 2.48. The van der Waals surface area contributed by atoms with Crippen LogP contribution < -0.4 is 10.4 Å². The van der Waals surface area contributed by atoms with E-state index in [9.17, 15) is 14.7 Å². The first-order valence-corrected chi connectivity index (χ1v) is 7.31. The Hall–Kier alpha value is -1.62. The van der Waals surface area contributed by atoms with Crippen LogP contribution in [0.15, 0.2) is 40.9 Å². The predicted molar refractivity (Wildman–Crippen MR) is 75.5 cm³/mol. The fourth-order valence-corrected chi connectivity index (χ4v) is 3.52. The van der Waals surface area contributed by atoms with Gasteiger partial charge in [0.15, 0.2) is 0 Å². The minimum Gasteiger partial charge on any atom is -0.550 e. The second-order valence-electron chi connectivity index (χ2n) is 5.32. The van der Waals surface area contributed by atoms with E-state index < -0.39 is 17.8 Å². The van der Waals surface area contributed by atoms with Crippen molar-refractivity contribution >= 4 is 33.5 Å². The summed E-state index contributed by atoms with van der Waals surface area (Å²) in [6.07, 6.45) is 4.58. The molecular formula is C15H13BrNO3-. The van der Waals surface area contributed by atoms with Gasteiger partial charge in [0, 0.05) is 22.0 Å². The van der Waals surface area contributed by atoms with Gasteiger partial charge >= 0.3 is 0 Å². The Kier molecular flexibility index (Phi) is 3.38. The van der Waals surface area contributed by atoms with Crippen LogP contribution in [0.3, 0.4) is 0 Å². The van der Waals surface area contributed by atoms with E-state index in [-0.39, 0.29) is 17.7 Å². The van der Waals surface area contributed by atoms with Crippen molar-refractivity contribution in [3.63, 3.8) is 0 Å². The number of anilines is 1. The molecular weight excluding hydrogens is 322 g/mol. The Morgan fingerprint density at radius 1 is 1.10 bits per heavy atom. The van der Waals surface area contributed by atoms with E-state index >= 15 is 0 Å². The topological polar surface area (TPSA) is 69.2 Å². The molecule has 0 aromatic heterocycles. The second kappa shape index (κ2) is 5.05. The van der Waals surface area contributed by atoms with E-state index in [1.807, 2.05) is 24.3 Å². The monoisotopic (exact) mass is 334 g/mol. The molecule has 0 radical (unpaired) electrons. The van der Waals surface area contributed by atoms with Crippen molar-refractivity contribution in [2.24, 2.45) is 23.7 Å². The van der Waals surface area contributed by atoms with Crippen molar-refractivity contribution in [3.05, 3.63) is 40.9 Å². The molecule has 4 unspecified atom stereocenters. The minimum absolute atomic E-state index is 0.0124. The zero-order valence-electron chi connectivity index (χ0n) is 10.6. The van der Waals surface area contributed by atoms with Gasteiger partial charge in [-0.25, -0.2) is 0 Å². The molecule has 5 heteroatoms. The molecule has 1 amide bonds. The fraction of sp³-hybridized carbons (Fsp3) is 0.333. The number of nitrogens with one attached hydrogen (secondary N) is 1. The van der Waals surface area contributed by atoms with Crippen LogP contribution in [0.1, 0.15) is 6.42 Å². The lowest BCUT2D eigenvalue weighted by Gasteiger charge is -2.27. The zero-order chi connectivity index (χ0) is 14.3. The number of hydrogen-bond acceptors (Lipinski definition) is 3. The normalized spacial score (nSPS) is 30.4. The smallest absolute Gasteiger partial charge is 0.228 e. The van der Waals surface area contributed by atoms with Gasteiger partial charge < -0.3 is 15.2 Å². The van der Waals surface area contributed by atoms with Gasteiger partial charge in [-0.05, 0) is 42.5 Å². The Morgan fingerprint density at radius 3 is 2.30 bits per heavy atom. The zero-order valence-corrected chi connectivity index (χ0v) is 12.2. The van der Waals surface area contributed by atoms with Gasteiger partial charge in [-0.2, -0.15) is 0 Å². The first-order chi connectivity index (χ1) is 9.56. The molecule has 3 rings (SSSR count). The van der Waals surface area contributed by atoms with Gasteiger partial charge in [-0.15, -0.1) is 0 Å². The molecule has 2 bridgehead atoms. The number of carbonyl (C=O) groups is 2. The van der Waals surface area contributed by atoms with Crippen LogP contribution in [-0.2, 0) is 9.59 Å². The molecule has 4 atom stereocenters. The van der Waals surface area contributed by atoms with Gasteiger partial charge in [-0.1, -0.05) is 28.1 Å². The van der Waals surface area contributed by atoms with Crippen molar-refractivity contribution in [1.29, 1.82) is 0 Å². The van der Waals surface area contributed by atoms with E-state index in [4.69, 9.17) is 0 Å². The number of carboxylic acid groups (broad SMARTS) is 1. The number of halogens is 1. The van der Waals surface area contributed by atoms with Crippen molar-refractivity contribution in [2.75, 3.05) is 5.32 Å². The van der Waals surface area contributed by atoms with Crippen LogP contribution in [0.5, 0.6) is 0 Å². The van der Waals surface area contributed by atoms with Gasteiger partial charge in [0.2, 0.25) is 5.91 Å². The molecule has 104 valence electrons. The lowest BCUT2D eigenvalue weighted by molar-refractivity contribution is -0.313. The molecule has 0 heterocycles. The van der Waals surface area contributed by atoms with Crippen molar-refractivity contribution < 1.29 is 14.7 Å². The Balaban J connectivity index is 1.78. The summed E-state index contributed by atoms with van der Waals surface area (Å²) in [6.45, 7) is 0. The minimum atomic E-state index is -1.13. The van der Waals surface area contributed by atoms with Crippen LogP contribution in [0.25, 0.3) is 0 Å². The highest BCUT2D eigenvalue weighted by molar-refractivity contribution is 9.10. The highest BCUT2D eigenvalue weighted by Gasteiger charge is 2.48. The Bertz CT molecular complexity index is 581. The SMILES string of the molecule is O=C([O-])C1C2C=CC(C2)C1C(=O)Nc1ccc(Br)cc1. The lowest BCUT2D eigenvalue weighted by Crippen LogP contribution is -2.42. The number of amides is 1. The molecule has 1 N–H and O–H groups in total. The van der Waals surface area contributed by atoms with Crippen LogP contribution in [-0.4, -0.2) is 11.9 Å². The van der Waals surface area contributed by atoms with E-state index in [1.165, 1.54) is 0 Å². The third-order valence-corrected chi connectivity index (χ3v) is 4.67. The van der Waals surface area contributed by atoms with Crippen LogP contribution in [0.2, 0.25) is 0 Å². The number of carbonyl (C=O) groups excluding carboxylic acids is 2. The average molecular weight is 335 g/mol. The van der Waals surface area contributed by atoms with Crippen LogP contribution in [0.4, 0.5) is 5.69 Å². The molecule has 0 saturated heterocycles. The number of benzene rings is 1. The summed E-state index contributed by atoms with van der Waals surface area (Å²) in [6, 6.07) is 7.21. The predicted octanol–water partition coefficient (Wildman–Crippen LogP) is 1.58. The summed E-state index contributed by atoms with van der Waals surface area (Å²) in [5, 5.41) is 14.1. The van der Waals surface area contributed by atoms with Crippen molar-refractivity contribution in [2.45, 2.75) is 6.42 Å². The van der Waals surface area contributed by atoms with Crippen LogP contribution >= 0.6 is 15.9 Å². The van der Waals surface area contributed by atoms with Gasteiger partial charge in [-0.3, -0.25) is 4.79 Å². The number of carboxylic acids is 1. The first-order valence-electron chi connectivity index (χ1n) is 6.52. The maximum atomic E-state index is 12.4. The summed E-state index contributed by atoms with van der Waals surface area (Å²) in [4.78, 5) is 23.6. The van der Waals surface area contributed by atoms with Gasteiger partial charge in [0.05, 0.1) is 5.92 Å². The first kappa shape index (κ1) is 13.4. The number of rotatable bonds is 3. The molecule has 0 aliphatic heterocycles. The molecule has 20 heavy (non-hydrogen) atoms. The lowest BCUT2D eigenvalue weighted by atomic mass is 9.82. The highest BCUT2D eigenvalue weighted by atomic mass is 79.9. The molecule has 1 saturated carbocycles. The fourth-order valence-electron chi connectivity index (χ4n) is 3.26. The third-order valence-electron chi connectivity index (χ3n) is 4.15.